The van der Waals surface area contributed by atoms with Gasteiger partial charge in [0.25, 0.3) is 0 Å². The Balaban J connectivity index is 1.83. The van der Waals surface area contributed by atoms with E-state index in [4.69, 9.17) is 4.74 Å². The summed E-state index contributed by atoms with van der Waals surface area (Å²) in [6.45, 7) is 7.42. The summed E-state index contributed by atoms with van der Waals surface area (Å²) in [6, 6.07) is -1.08. The minimum atomic E-state index is -1.05. The molecule has 4 bridgehead atoms. The van der Waals surface area contributed by atoms with Crippen LogP contribution in [0, 0.1) is 5.92 Å². The summed E-state index contributed by atoms with van der Waals surface area (Å²) in [5.74, 6) is -1.25. The Hall–Kier alpha value is -2.38. The van der Waals surface area contributed by atoms with Crippen LogP contribution in [-0.2, 0) is 30.5 Å². The van der Waals surface area contributed by atoms with Crippen LogP contribution >= 0.6 is 35.7 Å². The molecule has 0 aromatic carbocycles. The first-order valence-electron chi connectivity index (χ1n) is 12.0. The molecule has 1 unspecified atom stereocenters. The van der Waals surface area contributed by atoms with E-state index in [9.17, 15) is 19.2 Å². The van der Waals surface area contributed by atoms with Crippen molar-refractivity contribution in [2.24, 2.45) is 10.9 Å². The molecule has 0 saturated carbocycles. The molecular weight excluding hydrogens is 534 g/mol. The van der Waals surface area contributed by atoms with Crippen molar-refractivity contribution in [3.8, 4) is 0 Å². The van der Waals surface area contributed by atoms with Crippen molar-refractivity contribution >= 4 is 64.5 Å². The van der Waals surface area contributed by atoms with E-state index < -0.39 is 23.7 Å². The van der Waals surface area contributed by atoms with Gasteiger partial charge in [0, 0.05) is 17.2 Å². The number of thiol groups is 1. The molecule has 0 aliphatic carbocycles. The highest BCUT2D eigenvalue weighted by molar-refractivity contribution is 8.14. The molecule has 13 heteroatoms. The normalized spacial score (nSPS) is 25.9. The number of aliphatic imine (C=N–C) groups is 1. The summed E-state index contributed by atoms with van der Waals surface area (Å²) in [6.07, 6.45) is 2.90. The topological polar surface area (TPSA) is 139 Å². The Bertz CT molecular complexity index is 1090. The van der Waals surface area contributed by atoms with Gasteiger partial charge >= 0.3 is 5.97 Å². The average Bonchev–Trinajstić information content (AvgIpc) is 3.47. The van der Waals surface area contributed by atoms with Crippen molar-refractivity contribution in [2.45, 2.75) is 70.8 Å². The predicted octanol–water partition coefficient (Wildman–Crippen LogP) is 1.85. The molecular formula is C24H33N5O5S3. The number of aromatic nitrogens is 1. The van der Waals surface area contributed by atoms with Gasteiger partial charge in [0.2, 0.25) is 17.7 Å². The standard InChI is InChI=1S/C24H33N5O5S3/c1-13(2)20-22(32)34-15(7-5-6-14(3)26-18(31)10-35)8-17(30)25-9-19-27-16(11-36-19)21-29-24(4,12-37-21)23(33)28-20/h5,7,11,13-15,20,35H,6,8-10,12H2,1-4H3,(H,25,30)(H,26,31)(H,28,33)/b7-5+/t14?,15-,20+,24+/m1/s1. The first-order valence-corrected chi connectivity index (χ1v) is 14.5. The SMILES string of the molecule is CC(C/C=C/[C@@H]1CC(=O)NCc2nc(cs2)C2=N[C@@](C)(CS2)C(=O)N[C@@H](C(C)C)C(=O)O1)NC(=O)CS. The summed E-state index contributed by atoms with van der Waals surface area (Å²) in [7, 11) is 0. The third-order valence-corrected chi connectivity index (χ3v) is 8.20. The fourth-order valence-electron chi connectivity index (χ4n) is 3.64. The highest BCUT2D eigenvalue weighted by Crippen LogP contribution is 2.32. The van der Waals surface area contributed by atoms with Gasteiger partial charge in [-0.05, 0) is 32.3 Å². The molecule has 1 aromatic rings. The third kappa shape index (κ3) is 8.05. The summed E-state index contributed by atoms with van der Waals surface area (Å²) >= 11 is 6.79. The molecule has 3 N–H and O–H groups in total. The largest absolute Gasteiger partial charge is 0.456 e. The molecule has 0 fully saturated rings. The minimum Gasteiger partial charge on any atom is -0.456 e. The maximum absolute atomic E-state index is 13.2. The van der Waals surface area contributed by atoms with Crippen molar-refractivity contribution < 1.29 is 23.9 Å². The van der Waals surface area contributed by atoms with Crippen molar-refractivity contribution in [3.63, 3.8) is 0 Å². The maximum Gasteiger partial charge on any atom is 0.329 e. The number of nitrogens with zero attached hydrogens (tertiary/aromatic N) is 2. The Kier molecular flexibility index (Phi) is 10.2. The van der Waals surface area contributed by atoms with Crippen LogP contribution in [0.25, 0.3) is 0 Å². The fourth-order valence-corrected chi connectivity index (χ4v) is 5.66. The summed E-state index contributed by atoms with van der Waals surface area (Å²) in [5, 5.41) is 11.7. The molecule has 1 aromatic heterocycles. The first-order chi connectivity index (χ1) is 17.5. The van der Waals surface area contributed by atoms with E-state index in [0.717, 1.165) is 0 Å². The molecule has 37 heavy (non-hydrogen) atoms. The van der Waals surface area contributed by atoms with Crippen LogP contribution in [0.3, 0.4) is 0 Å². The predicted molar refractivity (Wildman–Crippen MR) is 148 cm³/mol. The quantitative estimate of drug-likeness (QED) is 0.234. The highest BCUT2D eigenvalue weighted by atomic mass is 32.2. The molecule has 10 nitrogen and oxygen atoms in total. The first kappa shape index (κ1) is 29.2. The van der Waals surface area contributed by atoms with Gasteiger partial charge in [0.15, 0.2) is 0 Å². The Morgan fingerprint density at radius 3 is 2.81 bits per heavy atom. The Morgan fingerprint density at radius 1 is 1.35 bits per heavy atom. The molecule has 0 radical (unpaired) electrons. The van der Waals surface area contributed by atoms with E-state index in [1.807, 2.05) is 26.2 Å². The fraction of sp³-hybridized carbons (Fsp3) is 0.583. The molecule has 3 rings (SSSR count). The third-order valence-electron chi connectivity index (χ3n) is 5.79. The second-order valence-corrected chi connectivity index (χ2v) is 11.8. The van der Waals surface area contributed by atoms with Gasteiger partial charge in [-0.25, -0.2) is 9.78 Å². The highest BCUT2D eigenvalue weighted by Gasteiger charge is 2.41. The van der Waals surface area contributed by atoms with Gasteiger partial charge in [-0.3, -0.25) is 19.4 Å². The Labute approximate surface area is 230 Å². The van der Waals surface area contributed by atoms with Gasteiger partial charge < -0.3 is 20.7 Å². The molecule has 0 saturated heterocycles. The number of ether oxygens (including phenoxy) is 1. The number of thioether (sulfide) groups is 1. The van der Waals surface area contributed by atoms with Gasteiger partial charge in [0.05, 0.1) is 18.7 Å². The second-order valence-electron chi connectivity index (χ2n) is 9.55. The smallest absolute Gasteiger partial charge is 0.329 e. The number of hydrogen-bond acceptors (Lipinski definition) is 10. The van der Waals surface area contributed by atoms with E-state index in [0.29, 0.717) is 27.9 Å². The van der Waals surface area contributed by atoms with Gasteiger partial charge in [0.1, 0.15) is 33.4 Å². The van der Waals surface area contributed by atoms with Gasteiger partial charge in [-0.15, -0.1) is 23.1 Å². The summed E-state index contributed by atoms with van der Waals surface area (Å²) in [4.78, 5) is 59.9. The zero-order valence-corrected chi connectivity index (χ0v) is 23.8. The molecule has 3 heterocycles. The number of amides is 3. The van der Waals surface area contributed by atoms with E-state index in [-0.39, 0.29) is 48.4 Å². The molecule has 2 aliphatic heterocycles. The lowest BCUT2D eigenvalue weighted by Gasteiger charge is -2.27. The van der Waals surface area contributed by atoms with E-state index in [1.54, 1.807) is 19.1 Å². The number of carbonyl (C=O) groups is 4. The zero-order valence-electron chi connectivity index (χ0n) is 21.3. The van der Waals surface area contributed by atoms with Crippen molar-refractivity contribution in [2.75, 3.05) is 11.5 Å². The van der Waals surface area contributed by atoms with Crippen molar-refractivity contribution in [1.29, 1.82) is 0 Å². The number of fused-ring (bicyclic) bond motifs is 4. The van der Waals surface area contributed by atoms with Crippen molar-refractivity contribution in [3.05, 3.63) is 28.2 Å². The summed E-state index contributed by atoms with van der Waals surface area (Å²) < 4.78 is 5.71. The van der Waals surface area contributed by atoms with Crippen LogP contribution in [0.5, 0.6) is 0 Å². The minimum absolute atomic E-state index is 0.0850. The van der Waals surface area contributed by atoms with E-state index in [1.165, 1.54) is 23.1 Å². The number of rotatable bonds is 6. The number of esters is 1. The molecule has 3 amide bonds. The van der Waals surface area contributed by atoms with Crippen molar-refractivity contribution in [1.82, 2.24) is 20.9 Å². The molecule has 202 valence electrons. The summed E-state index contributed by atoms with van der Waals surface area (Å²) in [5.41, 5.74) is -0.377. The Morgan fingerprint density at radius 2 is 2.11 bits per heavy atom. The lowest BCUT2D eigenvalue weighted by molar-refractivity contribution is -0.153. The van der Waals surface area contributed by atoms with E-state index >= 15 is 0 Å². The van der Waals surface area contributed by atoms with Crippen LogP contribution in [0.1, 0.15) is 51.2 Å². The number of nitrogens with one attached hydrogen (secondary N) is 3. The van der Waals surface area contributed by atoms with Gasteiger partial charge in [-0.1, -0.05) is 19.9 Å². The van der Waals surface area contributed by atoms with E-state index in [2.05, 4.69) is 38.6 Å². The lowest BCUT2D eigenvalue weighted by Crippen LogP contribution is -2.53. The lowest BCUT2D eigenvalue weighted by atomic mass is 10.0. The number of hydrogen-bond donors (Lipinski definition) is 4. The number of cyclic esters (lactones) is 1. The van der Waals surface area contributed by atoms with Crippen LogP contribution in [-0.4, -0.2) is 69.0 Å². The molecule has 4 atom stereocenters. The average molecular weight is 568 g/mol. The second kappa shape index (κ2) is 12.9. The van der Waals surface area contributed by atoms with Gasteiger partial charge in [-0.2, -0.15) is 12.6 Å². The molecule has 0 spiro atoms. The number of carbonyl (C=O) groups excluding carboxylic acids is 4. The van der Waals surface area contributed by atoms with Crippen LogP contribution in [0.2, 0.25) is 0 Å². The monoisotopic (exact) mass is 567 g/mol. The van der Waals surface area contributed by atoms with Crippen LogP contribution in [0.15, 0.2) is 22.5 Å². The maximum atomic E-state index is 13.2. The zero-order chi connectivity index (χ0) is 27.2. The van der Waals surface area contributed by atoms with Crippen LogP contribution in [0.4, 0.5) is 0 Å². The number of thiazole rings is 1. The molecule has 2 aliphatic rings. The van der Waals surface area contributed by atoms with Crippen LogP contribution < -0.4 is 16.0 Å².